The molecule has 2 rings (SSSR count). The lowest BCUT2D eigenvalue weighted by molar-refractivity contribution is -0.384. The molecule has 1 amide bonds. The first-order valence-electron chi connectivity index (χ1n) is 8.41. The molecule has 0 heterocycles. The van der Waals surface area contributed by atoms with E-state index in [1.165, 1.54) is 48.5 Å². The highest BCUT2D eigenvalue weighted by Gasteiger charge is 2.16. The highest BCUT2D eigenvalue weighted by molar-refractivity contribution is 7.89. The van der Waals surface area contributed by atoms with Crippen molar-refractivity contribution in [3.63, 3.8) is 0 Å². The number of nitro groups is 1. The average Bonchev–Trinajstić information content (AvgIpc) is 2.72. The van der Waals surface area contributed by atoms with Gasteiger partial charge in [-0.25, -0.2) is 17.9 Å². The molecule has 0 atom stereocenters. The van der Waals surface area contributed by atoms with Crippen LogP contribution in [-0.4, -0.2) is 38.4 Å². The smallest absolute Gasteiger partial charge is 0.338 e. The maximum absolute atomic E-state index is 12.0. The Morgan fingerprint density at radius 1 is 1.10 bits per heavy atom. The van der Waals surface area contributed by atoms with Gasteiger partial charge in [0.2, 0.25) is 10.0 Å². The molecule has 0 aliphatic heterocycles. The normalized spacial score (nSPS) is 10.6. The van der Waals surface area contributed by atoms with E-state index in [2.05, 4.69) is 10.0 Å². The molecular formula is C18H16N4O7S. The van der Waals surface area contributed by atoms with E-state index in [4.69, 9.17) is 10.00 Å². The van der Waals surface area contributed by atoms with Crippen molar-refractivity contribution in [1.82, 2.24) is 4.72 Å². The number of nitrogens with one attached hydrogen (secondary N) is 2. The van der Waals surface area contributed by atoms with Gasteiger partial charge in [0.15, 0.2) is 6.61 Å². The number of non-ortho nitro benzene ring substituents is 1. The van der Waals surface area contributed by atoms with Crippen LogP contribution in [0.1, 0.15) is 16.8 Å². The molecule has 12 heteroatoms. The molecule has 0 bridgehead atoms. The lowest BCUT2D eigenvalue weighted by atomic mass is 10.2. The summed E-state index contributed by atoms with van der Waals surface area (Å²) >= 11 is 0. The quantitative estimate of drug-likeness (QED) is 0.260. The first-order valence-corrected chi connectivity index (χ1v) is 9.89. The number of carbonyl (C=O) groups is 2. The molecule has 11 nitrogen and oxygen atoms in total. The van der Waals surface area contributed by atoms with Crippen molar-refractivity contribution in [2.45, 2.75) is 11.3 Å². The second kappa shape index (κ2) is 10.1. The largest absolute Gasteiger partial charge is 0.452 e. The van der Waals surface area contributed by atoms with Crippen LogP contribution in [0.2, 0.25) is 0 Å². The second-order valence-corrected chi connectivity index (χ2v) is 7.53. The fourth-order valence-corrected chi connectivity index (χ4v) is 3.20. The molecule has 30 heavy (non-hydrogen) atoms. The molecule has 2 aromatic carbocycles. The predicted octanol–water partition coefficient (Wildman–Crippen LogP) is 1.58. The Morgan fingerprint density at radius 2 is 1.73 bits per heavy atom. The minimum Gasteiger partial charge on any atom is -0.452 e. The van der Waals surface area contributed by atoms with E-state index < -0.39 is 33.4 Å². The Kier molecular flexibility index (Phi) is 7.56. The van der Waals surface area contributed by atoms with Gasteiger partial charge >= 0.3 is 5.97 Å². The van der Waals surface area contributed by atoms with Gasteiger partial charge in [-0.3, -0.25) is 14.9 Å². The van der Waals surface area contributed by atoms with Gasteiger partial charge in [0.05, 0.1) is 21.5 Å². The van der Waals surface area contributed by atoms with Crippen LogP contribution in [0.15, 0.2) is 53.4 Å². The summed E-state index contributed by atoms with van der Waals surface area (Å²) in [7, 11) is -3.80. The third kappa shape index (κ3) is 6.36. The Labute approximate surface area is 171 Å². The topological polar surface area (TPSA) is 168 Å². The van der Waals surface area contributed by atoms with E-state index in [9.17, 15) is 28.1 Å². The van der Waals surface area contributed by atoms with Crippen molar-refractivity contribution in [1.29, 1.82) is 5.26 Å². The number of benzene rings is 2. The third-order valence-electron chi connectivity index (χ3n) is 3.63. The number of anilines is 1. The van der Waals surface area contributed by atoms with Gasteiger partial charge in [-0.15, -0.1) is 0 Å². The maximum Gasteiger partial charge on any atom is 0.338 e. The molecule has 0 aliphatic rings. The monoisotopic (exact) mass is 432 g/mol. The van der Waals surface area contributed by atoms with Crippen LogP contribution >= 0.6 is 0 Å². The van der Waals surface area contributed by atoms with E-state index in [-0.39, 0.29) is 29.1 Å². The summed E-state index contributed by atoms with van der Waals surface area (Å²) in [5.41, 5.74) is 0.194. The standard InChI is InChI=1S/C18H16N4O7S/c19-10-1-11-20-30(27,28)16-8-2-13(3-9-16)18(24)29-12-17(23)21-14-4-6-15(7-5-14)22(25)26/h2-9,20H,1,11-12H2,(H,21,23). The summed E-state index contributed by atoms with van der Waals surface area (Å²) in [6.07, 6.45) is 0.0194. The minimum atomic E-state index is -3.80. The van der Waals surface area contributed by atoms with Crippen molar-refractivity contribution >= 4 is 33.3 Å². The molecule has 0 radical (unpaired) electrons. The summed E-state index contributed by atoms with van der Waals surface area (Å²) in [6.45, 7) is -0.641. The van der Waals surface area contributed by atoms with E-state index in [0.29, 0.717) is 5.69 Å². The summed E-state index contributed by atoms with van der Waals surface area (Å²) in [5.74, 6) is -1.49. The van der Waals surface area contributed by atoms with Gasteiger partial charge in [0.25, 0.3) is 11.6 Å². The number of nitriles is 1. The molecule has 0 saturated carbocycles. The Hall–Kier alpha value is -3.82. The van der Waals surface area contributed by atoms with Gasteiger partial charge in [0.1, 0.15) is 0 Å². The third-order valence-corrected chi connectivity index (χ3v) is 5.10. The van der Waals surface area contributed by atoms with Crippen LogP contribution in [0.4, 0.5) is 11.4 Å². The van der Waals surface area contributed by atoms with Crippen molar-refractivity contribution in [3.8, 4) is 6.07 Å². The summed E-state index contributed by atoms with van der Waals surface area (Å²) in [6, 6.07) is 11.8. The Balaban J connectivity index is 1.89. The van der Waals surface area contributed by atoms with Crippen molar-refractivity contribution in [2.24, 2.45) is 0 Å². The number of amides is 1. The Morgan fingerprint density at radius 3 is 2.30 bits per heavy atom. The van der Waals surface area contributed by atoms with Crippen LogP contribution in [-0.2, 0) is 19.6 Å². The Bertz CT molecular complexity index is 1080. The van der Waals surface area contributed by atoms with Crippen molar-refractivity contribution in [2.75, 3.05) is 18.5 Å². The maximum atomic E-state index is 12.0. The van der Waals surface area contributed by atoms with Crippen LogP contribution < -0.4 is 10.0 Å². The van der Waals surface area contributed by atoms with Crippen LogP contribution in [0.25, 0.3) is 0 Å². The lowest BCUT2D eigenvalue weighted by Crippen LogP contribution is -2.24. The van der Waals surface area contributed by atoms with E-state index in [0.717, 1.165) is 0 Å². The number of carbonyl (C=O) groups excluding carboxylic acids is 2. The number of hydrogen-bond donors (Lipinski definition) is 2. The molecule has 0 fully saturated rings. The van der Waals surface area contributed by atoms with E-state index in [1.54, 1.807) is 0 Å². The minimum absolute atomic E-state index is 0.0194. The van der Waals surface area contributed by atoms with Gasteiger partial charge in [-0.2, -0.15) is 5.26 Å². The molecule has 2 aromatic rings. The fraction of sp³-hybridized carbons (Fsp3) is 0.167. The van der Waals surface area contributed by atoms with Gasteiger partial charge < -0.3 is 10.1 Å². The van der Waals surface area contributed by atoms with Crippen LogP contribution in [0, 0.1) is 21.4 Å². The number of rotatable bonds is 9. The molecule has 2 N–H and O–H groups in total. The number of nitro benzene ring substituents is 1. The molecule has 0 aliphatic carbocycles. The molecule has 156 valence electrons. The van der Waals surface area contributed by atoms with Crippen molar-refractivity contribution < 1.29 is 27.7 Å². The highest BCUT2D eigenvalue weighted by Crippen LogP contribution is 2.15. The molecule has 0 aromatic heterocycles. The number of nitrogens with zero attached hydrogens (tertiary/aromatic N) is 2. The molecule has 0 saturated heterocycles. The summed E-state index contributed by atoms with van der Waals surface area (Å²) < 4.78 is 31.1. The number of sulfonamides is 1. The molecular weight excluding hydrogens is 416 g/mol. The second-order valence-electron chi connectivity index (χ2n) is 5.76. The van der Waals surface area contributed by atoms with Gasteiger partial charge in [-0.1, -0.05) is 0 Å². The van der Waals surface area contributed by atoms with Crippen molar-refractivity contribution in [3.05, 3.63) is 64.2 Å². The summed E-state index contributed by atoms with van der Waals surface area (Å²) in [5, 5.41) is 21.5. The van der Waals surface area contributed by atoms with Crippen LogP contribution in [0.3, 0.4) is 0 Å². The number of hydrogen-bond acceptors (Lipinski definition) is 8. The SMILES string of the molecule is N#CCCNS(=O)(=O)c1ccc(C(=O)OCC(=O)Nc2ccc([N+](=O)[O-])cc2)cc1. The van der Waals surface area contributed by atoms with Gasteiger partial charge in [-0.05, 0) is 36.4 Å². The first kappa shape index (κ1) is 22.5. The first-order chi connectivity index (χ1) is 14.2. The number of esters is 1. The van der Waals surface area contributed by atoms with E-state index >= 15 is 0 Å². The van der Waals surface area contributed by atoms with E-state index in [1.807, 2.05) is 6.07 Å². The molecule has 0 spiro atoms. The van der Waals surface area contributed by atoms with Gasteiger partial charge in [0, 0.05) is 30.8 Å². The highest BCUT2D eigenvalue weighted by atomic mass is 32.2. The fourth-order valence-electron chi connectivity index (χ4n) is 2.17. The predicted molar refractivity (Wildman–Crippen MR) is 104 cm³/mol. The lowest BCUT2D eigenvalue weighted by Gasteiger charge is -2.08. The zero-order valence-corrected chi connectivity index (χ0v) is 16.2. The zero-order chi connectivity index (χ0) is 22.1. The van der Waals surface area contributed by atoms with Crippen LogP contribution in [0.5, 0.6) is 0 Å². The number of ether oxygens (including phenoxy) is 1. The molecule has 0 unspecified atom stereocenters. The average molecular weight is 432 g/mol. The summed E-state index contributed by atoms with van der Waals surface area (Å²) in [4.78, 5) is 33.8. The zero-order valence-electron chi connectivity index (χ0n) is 15.4.